The van der Waals surface area contributed by atoms with Crippen LogP contribution in [0.4, 0.5) is 0 Å². The van der Waals surface area contributed by atoms with Gasteiger partial charge in [0.2, 0.25) is 47.3 Å². The Bertz CT molecular complexity index is 1400. The van der Waals surface area contributed by atoms with E-state index >= 15 is 0 Å². The zero-order chi connectivity index (χ0) is 43.2. The van der Waals surface area contributed by atoms with Crippen LogP contribution in [0.2, 0.25) is 0 Å². The molecule has 6 atom stereocenters. The highest BCUT2D eigenvalue weighted by Gasteiger charge is 2.36. The van der Waals surface area contributed by atoms with Gasteiger partial charge in [-0.05, 0) is 63.3 Å². The molecule has 1 saturated heterocycles. The van der Waals surface area contributed by atoms with Crippen LogP contribution >= 0.6 is 0 Å². The monoisotopic (exact) mass is 814 g/mol. The third-order valence-electron chi connectivity index (χ3n) is 8.77. The first-order valence-electron chi connectivity index (χ1n) is 19.1. The van der Waals surface area contributed by atoms with E-state index in [1.807, 2.05) is 13.8 Å². The Morgan fingerprint density at radius 3 is 1.79 bits per heavy atom. The van der Waals surface area contributed by atoms with Crippen LogP contribution in [-0.4, -0.2) is 156 Å². The van der Waals surface area contributed by atoms with Gasteiger partial charge in [-0.1, -0.05) is 27.7 Å². The number of aliphatic hydroxyl groups is 2. The molecular formula is C35H62N10O12. The normalized spacial score (nSPS) is 16.4. The lowest BCUT2D eigenvalue weighted by Crippen LogP contribution is -2.58. The van der Waals surface area contributed by atoms with Gasteiger partial charge < -0.3 is 68.9 Å². The molecule has 1 rings (SSSR count). The quantitative estimate of drug-likeness (QED) is 0.0364. The number of carbonyl (C=O) groups excluding carboxylic acids is 8. The molecule has 324 valence electrons. The van der Waals surface area contributed by atoms with Gasteiger partial charge >= 0.3 is 5.97 Å². The van der Waals surface area contributed by atoms with E-state index in [2.05, 4.69) is 37.2 Å². The number of nitrogens with one attached hydrogen (secondary N) is 7. The Morgan fingerprint density at radius 1 is 0.667 bits per heavy atom. The van der Waals surface area contributed by atoms with Gasteiger partial charge in [0.25, 0.3) is 0 Å². The largest absolute Gasteiger partial charge is 0.480 e. The Hall–Kier alpha value is -4.93. The Labute approximate surface area is 331 Å². The predicted octanol–water partition coefficient (Wildman–Crippen LogP) is -5.12. The van der Waals surface area contributed by atoms with Crippen molar-refractivity contribution in [2.45, 2.75) is 109 Å². The third kappa shape index (κ3) is 18.7. The average Bonchev–Trinajstić information content (AvgIpc) is 3.65. The van der Waals surface area contributed by atoms with E-state index in [1.54, 1.807) is 13.8 Å². The number of amides is 8. The minimum Gasteiger partial charge on any atom is -0.480 e. The minimum atomic E-state index is -1.63. The number of rotatable bonds is 26. The van der Waals surface area contributed by atoms with Gasteiger partial charge in [0.15, 0.2) is 0 Å². The van der Waals surface area contributed by atoms with Crippen molar-refractivity contribution < 1.29 is 58.5 Å². The zero-order valence-corrected chi connectivity index (χ0v) is 33.1. The number of likely N-dealkylation sites (tertiary alicyclic amines) is 1. The van der Waals surface area contributed by atoms with E-state index in [1.165, 1.54) is 4.90 Å². The molecule has 14 N–H and O–H groups in total. The summed E-state index contributed by atoms with van der Waals surface area (Å²) in [6, 6.07) is -7.19. The first-order valence-corrected chi connectivity index (χ1v) is 19.1. The van der Waals surface area contributed by atoms with Crippen molar-refractivity contribution in [2.75, 3.05) is 45.9 Å². The molecule has 1 fully saturated rings. The van der Waals surface area contributed by atoms with Gasteiger partial charge in [0.1, 0.15) is 30.2 Å². The predicted molar refractivity (Wildman–Crippen MR) is 203 cm³/mol. The summed E-state index contributed by atoms with van der Waals surface area (Å²) in [5.74, 6) is -7.40. The first-order chi connectivity index (χ1) is 26.8. The molecule has 8 amide bonds. The van der Waals surface area contributed by atoms with E-state index in [0.717, 1.165) is 0 Å². The number of nitrogens with two attached hydrogens (primary N) is 2. The summed E-state index contributed by atoms with van der Waals surface area (Å²) in [5, 5.41) is 45.1. The lowest BCUT2D eigenvalue weighted by Gasteiger charge is -2.26. The molecule has 0 bridgehead atoms. The first kappa shape index (κ1) is 50.1. The Kier molecular flexibility index (Phi) is 22.9. The SMILES string of the molecule is CC(C)C[C@H](NC(=O)[C@@H]1CCCN1C(=O)CNC(=O)CNC(=O)[C@H](CO)NC(=O)[C@H](CO)NC(=O)CNC(=O)[C@H](CCCCN)NC(=O)[C@@H](N)CC(C)C)C(=O)O. The number of hydrogen-bond donors (Lipinski definition) is 12. The van der Waals surface area contributed by atoms with Crippen LogP contribution in [0.5, 0.6) is 0 Å². The minimum absolute atomic E-state index is 0.00930. The van der Waals surface area contributed by atoms with Gasteiger partial charge in [0.05, 0.1) is 38.9 Å². The van der Waals surface area contributed by atoms with Crippen molar-refractivity contribution >= 4 is 53.2 Å². The highest BCUT2D eigenvalue weighted by atomic mass is 16.4. The highest BCUT2D eigenvalue weighted by Crippen LogP contribution is 2.18. The van der Waals surface area contributed by atoms with Crippen LogP contribution in [0.15, 0.2) is 0 Å². The number of carbonyl (C=O) groups is 9. The molecule has 0 aromatic rings. The number of aliphatic hydroxyl groups excluding tert-OH is 2. The molecule has 0 unspecified atom stereocenters. The third-order valence-corrected chi connectivity index (χ3v) is 8.77. The maximum atomic E-state index is 12.9. The number of hydrogen-bond acceptors (Lipinski definition) is 13. The molecule has 0 aliphatic carbocycles. The van der Waals surface area contributed by atoms with Gasteiger partial charge in [-0.25, -0.2) is 4.79 Å². The molecule has 57 heavy (non-hydrogen) atoms. The second-order valence-electron chi connectivity index (χ2n) is 14.6. The van der Waals surface area contributed by atoms with Crippen LogP contribution in [0.1, 0.15) is 72.6 Å². The maximum Gasteiger partial charge on any atom is 0.326 e. The summed E-state index contributed by atoms with van der Waals surface area (Å²) in [4.78, 5) is 114. The molecule has 1 aliphatic heterocycles. The lowest BCUT2D eigenvalue weighted by atomic mass is 10.0. The van der Waals surface area contributed by atoms with Crippen LogP contribution in [0, 0.1) is 11.8 Å². The lowest BCUT2D eigenvalue weighted by molar-refractivity contribution is -0.144. The fraction of sp³-hybridized carbons (Fsp3) is 0.743. The Balaban J connectivity index is 2.65. The van der Waals surface area contributed by atoms with E-state index < -0.39 is 122 Å². The van der Waals surface area contributed by atoms with E-state index in [4.69, 9.17) is 11.5 Å². The van der Waals surface area contributed by atoms with E-state index in [0.29, 0.717) is 38.6 Å². The molecule has 22 heteroatoms. The molecule has 22 nitrogen and oxygen atoms in total. The molecule has 1 aliphatic rings. The molecule has 1 heterocycles. The second-order valence-corrected chi connectivity index (χ2v) is 14.6. The number of nitrogens with zero attached hydrogens (tertiary/aromatic N) is 1. The van der Waals surface area contributed by atoms with Gasteiger partial charge in [0, 0.05) is 6.54 Å². The second kappa shape index (κ2) is 26.1. The smallest absolute Gasteiger partial charge is 0.326 e. The molecule has 0 aromatic carbocycles. The van der Waals surface area contributed by atoms with Crippen molar-refractivity contribution in [1.29, 1.82) is 0 Å². The zero-order valence-electron chi connectivity index (χ0n) is 33.1. The van der Waals surface area contributed by atoms with Crippen LogP contribution in [0.3, 0.4) is 0 Å². The fourth-order valence-corrected chi connectivity index (χ4v) is 5.78. The maximum absolute atomic E-state index is 12.9. The standard InChI is InChI=1S/C35H62N10O12/c1-19(2)12-21(37)30(51)42-22(8-5-6-10-36)31(52)40-15-28(49)41-25(18-47)33(54)44-24(17-46)32(53)39-14-27(48)38-16-29(50)45-11-7-9-26(45)34(55)43-23(35(56)57)13-20(3)4/h19-26,46-47H,5-18,36-37H2,1-4H3,(H,38,48)(H,39,53)(H,40,52)(H,41,49)(H,42,51)(H,43,55)(H,44,54)(H,56,57)/t21-,22-,23-,24-,25-,26-/m0/s1. The van der Waals surface area contributed by atoms with Crippen molar-refractivity contribution in [2.24, 2.45) is 23.3 Å². The Morgan fingerprint density at radius 2 is 1.23 bits per heavy atom. The summed E-state index contributed by atoms with van der Waals surface area (Å²) in [5.41, 5.74) is 11.5. The molecule has 0 radical (unpaired) electrons. The molecule has 0 saturated carbocycles. The van der Waals surface area contributed by atoms with Crippen LogP contribution < -0.4 is 48.7 Å². The topological polar surface area (TPSA) is 354 Å². The summed E-state index contributed by atoms with van der Waals surface area (Å²) < 4.78 is 0. The van der Waals surface area contributed by atoms with Gasteiger partial charge in [-0.2, -0.15) is 0 Å². The summed E-state index contributed by atoms with van der Waals surface area (Å²) in [7, 11) is 0. The summed E-state index contributed by atoms with van der Waals surface area (Å²) >= 11 is 0. The van der Waals surface area contributed by atoms with Crippen molar-refractivity contribution in [3.63, 3.8) is 0 Å². The summed E-state index contributed by atoms with van der Waals surface area (Å²) in [6.07, 6.45) is 2.64. The molecule has 0 spiro atoms. The van der Waals surface area contributed by atoms with E-state index in [-0.39, 0.29) is 31.2 Å². The van der Waals surface area contributed by atoms with Crippen molar-refractivity contribution in [3.05, 3.63) is 0 Å². The van der Waals surface area contributed by atoms with E-state index in [9.17, 15) is 58.5 Å². The number of unbranched alkanes of at least 4 members (excludes halogenated alkanes) is 1. The number of aliphatic carboxylic acids is 1. The fourth-order valence-electron chi connectivity index (χ4n) is 5.78. The van der Waals surface area contributed by atoms with Crippen LogP contribution in [-0.2, 0) is 43.2 Å². The molecular weight excluding hydrogens is 752 g/mol. The van der Waals surface area contributed by atoms with Gasteiger partial charge in [-0.15, -0.1) is 0 Å². The van der Waals surface area contributed by atoms with Crippen molar-refractivity contribution in [3.8, 4) is 0 Å². The van der Waals surface area contributed by atoms with Crippen LogP contribution in [0.25, 0.3) is 0 Å². The average molecular weight is 815 g/mol. The number of carboxylic acid groups (broad SMARTS) is 1. The summed E-state index contributed by atoms with van der Waals surface area (Å²) in [6.45, 7) is 4.19. The van der Waals surface area contributed by atoms with Gasteiger partial charge in [-0.3, -0.25) is 38.4 Å². The number of carboxylic acids is 1. The van der Waals surface area contributed by atoms with Crippen molar-refractivity contribution in [1.82, 2.24) is 42.1 Å². The highest BCUT2D eigenvalue weighted by molar-refractivity contribution is 5.96. The molecule has 0 aromatic heterocycles.